The van der Waals surface area contributed by atoms with E-state index in [2.05, 4.69) is 0 Å². The highest BCUT2D eigenvalue weighted by molar-refractivity contribution is 5.66. The smallest absolute Gasteiger partial charge is 0.303 e. The largest absolute Gasteiger partial charge is 0.458 e. The molecule has 5 atom stereocenters. The summed E-state index contributed by atoms with van der Waals surface area (Å²) in [5.41, 5.74) is 5.71. The fourth-order valence-electron chi connectivity index (χ4n) is 1.76. The first-order valence-corrected chi connectivity index (χ1v) is 4.47. The van der Waals surface area contributed by atoms with Gasteiger partial charge in [-0.25, -0.2) is 0 Å². The molecule has 5 unspecified atom stereocenters. The molecule has 0 radical (unpaired) electrons. The summed E-state index contributed by atoms with van der Waals surface area (Å²) in [4.78, 5) is 10.8. The van der Waals surface area contributed by atoms with Crippen LogP contribution in [-0.4, -0.2) is 48.3 Å². The number of nitrogens with two attached hydrogens (primary N) is 1. The minimum atomic E-state index is -0.910. The van der Waals surface area contributed by atoms with Crippen LogP contribution in [0.15, 0.2) is 0 Å². The van der Waals surface area contributed by atoms with Crippen molar-refractivity contribution in [2.24, 2.45) is 5.73 Å². The monoisotopic (exact) mass is 203 g/mol. The second-order valence-corrected chi connectivity index (χ2v) is 3.52. The molecule has 0 amide bonds. The highest BCUT2D eigenvalue weighted by atomic mass is 16.7. The van der Waals surface area contributed by atoms with Gasteiger partial charge in [0.2, 0.25) is 0 Å². The third kappa shape index (κ3) is 1.50. The van der Waals surface area contributed by atoms with Crippen molar-refractivity contribution in [2.75, 3.05) is 6.61 Å². The van der Waals surface area contributed by atoms with E-state index in [-0.39, 0.29) is 6.61 Å². The molecule has 2 rings (SSSR count). The molecule has 2 heterocycles. The van der Waals surface area contributed by atoms with Crippen molar-refractivity contribution in [3.05, 3.63) is 0 Å². The molecule has 0 aromatic rings. The maximum Gasteiger partial charge on any atom is 0.303 e. The maximum atomic E-state index is 10.8. The average Bonchev–Trinajstić information content (AvgIpc) is 2.55. The number of ether oxygens (including phenoxy) is 3. The lowest BCUT2D eigenvalue weighted by Gasteiger charge is -2.35. The van der Waals surface area contributed by atoms with Crippen LogP contribution in [0.1, 0.15) is 6.92 Å². The van der Waals surface area contributed by atoms with Gasteiger partial charge in [-0.05, 0) is 0 Å². The molecule has 2 fully saturated rings. The van der Waals surface area contributed by atoms with Gasteiger partial charge in [0, 0.05) is 6.92 Å². The zero-order chi connectivity index (χ0) is 10.3. The van der Waals surface area contributed by atoms with Gasteiger partial charge in [0.25, 0.3) is 0 Å². The van der Waals surface area contributed by atoms with Crippen LogP contribution in [0.5, 0.6) is 0 Å². The van der Waals surface area contributed by atoms with Crippen LogP contribution < -0.4 is 5.73 Å². The number of aliphatic hydroxyl groups excluding tert-OH is 1. The number of hydrogen-bond donors (Lipinski definition) is 2. The summed E-state index contributed by atoms with van der Waals surface area (Å²) in [6.07, 6.45) is -2.66. The molecule has 0 aromatic carbocycles. The molecule has 2 saturated heterocycles. The third-order valence-corrected chi connectivity index (χ3v) is 2.45. The lowest BCUT2D eigenvalue weighted by Crippen LogP contribution is -2.59. The van der Waals surface area contributed by atoms with Crippen molar-refractivity contribution < 1.29 is 24.1 Å². The number of esters is 1. The Labute approximate surface area is 80.9 Å². The highest BCUT2D eigenvalue weighted by Crippen LogP contribution is 2.28. The van der Waals surface area contributed by atoms with E-state index in [0.717, 1.165) is 0 Å². The Balaban J connectivity index is 2.10. The molecule has 2 aliphatic heterocycles. The topological polar surface area (TPSA) is 91.0 Å². The van der Waals surface area contributed by atoms with Gasteiger partial charge < -0.3 is 25.1 Å². The lowest BCUT2D eigenvalue weighted by molar-refractivity contribution is -0.197. The standard InChI is InChI=1S/C8H13NO5/c1-3(10)13-7-5(9)8-12-2-4(14-8)6(7)11/h4-8,11H,2,9H2,1H3. The molecule has 2 aliphatic rings. The molecule has 14 heavy (non-hydrogen) atoms. The van der Waals surface area contributed by atoms with Gasteiger partial charge in [0.05, 0.1) is 12.6 Å². The summed E-state index contributed by atoms with van der Waals surface area (Å²) in [7, 11) is 0. The van der Waals surface area contributed by atoms with Gasteiger partial charge in [-0.3, -0.25) is 4.79 Å². The van der Waals surface area contributed by atoms with Gasteiger partial charge in [-0.2, -0.15) is 0 Å². The Bertz CT molecular complexity index is 230. The third-order valence-electron chi connectivity index (χ3n) is 2.45. The number of fused-ring (bicyclic) bond motifs is 2. The molecule has 0 saturated carbocycles. The summed E-state index contributed by atoms with van der Waals surface area (Å²) < 4.78 is 15.3. The SMILES string of the molecule is CC(=O)OC1C(N)C2OCC(O2)C1O. The Morgan fingerprint density at radius 3 is 3.00 bits per heavy atom. The van der Waals surface area contributed by atoms with Crippen molar-refractivity contribution in [1.29, 1.82) is 0 Å². The van der Waals surface area contributed by atoms with E-state index in [9.17, 15) is 9.90 Å². The Morgan fingerprint density at radius 1 is 1.64 bits per heavy atom. The Morgan fingerprint density at radius 2 is 2.36 bits per heavy atom. The first-order valence-electron chi connectivity index (χ1n) is 4.47. The number of rotatable bonds is 1. The van der Waals surface area contributed by atoms with Gasteiger partial charge in [-0.1, -0.05) is 0 Å². The van der Waals surface area contributed by atoms with Crippen LogP contribution in [0.25, 0.3) is 0 Å². The van der Waals surface area contributed by atoms with Crippen LogP contribution >= 0.6 is 0 Å². The fraction of sp³-hybridized carbons (Fsp3) is 0.875. The molecule has 6 heteroatoms. The first-order chi connectivity index (χ1) is 6.59. The zero-order valence-electron chi connectivity index (χ0n) is 7.75. The van der Waals surface area contributed by atoms with Crippen molar-refractivity contribution in [1.82, 2.24) is 0 Å². The molecule has 6 nitrogen and oxygen atoms in total. The van der Waals surface area contributed by atoms with E-state index in [1.54, 1.807) is 0 Å². The van der Waals surface area contributed by atoms with Crippen LogP contribution in [0.4, 0.5) is 0 Å². The van der Waals surface area contributed by atoms with Crippen LogP contribution in [-0.2, 0) is 19.0 Å². The molecular formula is C8H13NO5. The average molecular weight is 203 g/mol. The number of carbonyl (C=O) groups excluding carboxylic acids is 1. The second kappa shape index (κ2) is 3.47. The highest BCUT2D eigenvalue weighted by Gasteiger charge is 2.50. The van der Waals surface area contributed by atoms with E-state index in [4.69, 9.17) is 19.9 Å². The Kier molecular flexibility index (Phi) is 2.44. The summed E-state index contributed by atoms with van der Waals surface area (Å²) in [5.74, 6) is -0.467. The van der Waals surface area contributed by atoms with Crippen LogP contribution in [0, 0.1) is 0 Å². The van der Waals surface area contributed by atoms with Gasteiger partial charge >= 0.3 is 5.97 Å². The van der Waals surface area contributed by atoms with Crippen molar-refractivity contribution in [3.8, 4) is 0 Å². The molecule has 0 aliphatic carbocycles. The predicted octanol–water partition coefficient (Wildman–Crippen LogP) is -1.64. The van der Waals surface area contributed by atoms with E-state index in [0.29, 0.717) is 0 Å². The molecule has 80 valence electrons. The van der Waals surface area contributed by atoms with Gasteiger partial charge in [0.1, 0.15) is 12.2 Å². The lowest BCUT2D eigenvalue weighted by atomic mass is 9.99. The molecular weight excluding hydrogens is 190 g/mol. The van der Waals surface area contributed by atoms with Gasteiger partial charge in [0.15, 0.2) is 12.4 Å². The quantitative estimate of drug-likeness (QED) is 0.497. The van der Waals surface area contributed by atoms with E-state index in [1.165, 1.54) is 6.92 Å². The molecule has 2 bridgehead atoms. The number of aliphatic hydroxyl groups is 1. The van der Waals surface area contributed by atoms with Crippen molar-refractivity contribution in [3.63, 3.8) is 0 Å². The van der Waals surface area contributed by atoms with Crippen LogP contribution in [0.2, 0.25) is 0 Å². The minimum Gasteiger partial charge on any atom is -0.458 e. The second-order valence-electron chi connectivity index (χ2n) is 3.52. The summed E-state index contributed by atoms with van der Waals surface area (Å²) >= 11 is 0. The van der Waals surface area contributed by atoms with E-state index in [1.807, 2.05) is 0 Å². The first kappa shape index (κ1) is 9.85. The fourth-order valence-corrected chi connectivity index (χ4v) is 1.76. The number of carbonyl (C=O) groups is 1. The molecule has 0 aromatic heterocycles. The maximum absolute atomic E-state index is 10.8. The number of hydrogen-bond acceptors (Lipinski definition) is 6. The van der Waals surface area contributed by atoms with Crippen molar-refractivity contribution >= 4 is 5.97 Å². The molecule has 3 N–H and O–H groups in total. The predicted molar refractivity (Wildman–Crippen MR) is 44.1 cm³/mol. The summed E-state index contributed by atoms with van der Waals surface area (Å²) in [5, 5.41) is 9.71. The van der Waals surface area contributed by atoms with Gasteiger partial charge in [-0.15, -0.1) is 0 Å². The van der Waals surface area contributed by atoms with Crippen molar-refractivity contribution in [2.45, 2.75) is 37.6 Å². The normalized spacial score (nSPS) is 46.4. The summed E-state index contributed by atoms with van der Waals surface area (Å²) in [6.45, 7) is 1.56. The minimum absolute atomic E-state index is 0.289. The van der Waals surface area contributed by atoms with E-state index < -0.39 is 36.6 Å². The zero-order valence-corrected chi connectivity index (χ0v) is 7.75. The molecule has 0 spiro atoms. The van der Waals surface area contributed by atoms with Crippen LogP contribution in [0.3, 0.4) is 0 Å². The Hall–Kier alpha value is -0.690. The summed E-state index contributed by atoms with van der Waals surface area (Å²) in [6, 6.07) is -0.632. The van der Waals surface area contributed by atoms with E-state index >= 15 is 0 Å².